The third-order valence-electron chi connectivity index (χ3n) is 3.62. The van der Waals surface area contributed by atoms with Crippen LogP contribution in [0.2, 0.25) is 0 Å². The summed E-state index contributed by atoms with van der Waals surface area (Å²) in [6.45, 7) is 0. The molecule has 4 rings (SSSR count). The van der Waals surface area contributed by atoms with E-state index in [1.807, 2.05) is 48.5 Å². The molecule has 0 unspecified atom stereocenters. The minimum Gasteiger partial charge on any atom is -0.324 e. The second-order valence-electron chi connectivity index (χ2n) is 5.13. The summed E-state index contributed by atoms with van der Waals surface area (Å²) in [5.74, 6) is 0.560. The summed E-state index contributed by atoms with van der Waals surface area (Å²) in [5.41, 5.74) is 2.61. The predicted molar refractivity (Wildman–Crippen MR) is 92.5 cm³/mol. The van der Waals surface area contributed by atoms with Crippen molar-refractivity contribution in [3.05, 3.63) is 79.1 Å². The smallest absolute Gasteiger partial charge is 0.227 e. The maximum Gasteiger partial charge on any atom is 0.227 e. The molecule has 0 fully saturated rings. The molecule has 0 atom stereocenters. The molecule has 0 bridgehead atoms. The lowest BCUT2D eigenvalue weighted by Crippen LogP contribution is -1.99. The van der Waals surface area contributed by atoms with Crippen molar-refractivity contribution >= 4 is 22.4 Å². The summed E-state index contributed by atoms with van der Waals surface area (Å²) in [7, 11) is 0. The standard InChI is InChI=1S/C19H14N4/c1-2-8-15-14(6-1)7-5-10-16(15)22-19-21-13-11-18(23-19)17-9-3-4-12-20-17/h1-13H,(H,21,22,23). The molecule has 4 nitrogen and oxygen atoms in total. The zero-order valence-corrected chi connectivity index (χ0v) is 12.3. The van der Waals surface area contributed by atoms with Crippen LogP contribution in [0.15, 0.2) is 79.1 Å². The van der Waals surface area contributed by atoms with Gasteiger partial charge < -0.3 is 5.32 Å². The van der Waals surface area contributed by atoms with E-state index in [0.29, 0.717) is 5.95 Å². The number of aromatic nitrogens is 3. The fraction of sp³-hybridized carbons (Fsp3) is 0. The largest absolute Gasteiger partial charge is 0.324 e. The van der Waals surface area contributed by atoms with Crippen molar-refractivity contribution in [1.82, 2.24) is 15.0 Å². The molecule has 2 heterocycles. The first-order chi connectivity index (χ1) is 11.4. The number of pyridine rings is 1. The SMILES string of the molecule is c1ccc(-c2ccnc(Nc3cccc4ccccc34)n2)nc1. The Morgan fingerprint density at radius 3 is 2.43 bits per heavy atom. The summed E-state index contributed by atoms with van der Waals surface area (Å²) in [6, 6.07) is 22.0. The van der Waals surface area contributed by atoms with Gasteiger partial charge in [0.2, 0.25) is 5.95 Å². The average molecular weight is 298 g/mol. The lowest BCUT2D eigenvalue weighted by molar-refractivity contribution is 1.15. The number of rotatable bonds is 3. The molecule has 0 saturated carbocycles. The van der Waals surface area contributed by atoms with Gasteiger partial charge in [0.15, 0.2) is 0 Å². The molecule has 0 saturated heterocycles. The lowest BCUT2D eigenvalue weighted by Gasteiger charge is -2.09. The van der Waals surface area contributed by atoms with Gasteiger partial charge in [-0.3, -0.25) is 4.98 Å². The fourth-order valence-electron chi connectivity index (χ4n) is 2.53. The van der Waals surface area contributed by atoms with Crippen molar-refractivity contribution in [2.45, 2.75) is 0 Å². The number of nitrogens with zero attached hydrogens (tertiary/aromatic N) is 3. The van der Waals surface area contributed by atoms with Crippen molar-refractivity contribution in [3.8, 4) is 11.4 Å². The van der Waals surface area contributed by atoms with Gasteiger partial charge in [-0.1, -0.05) is 42.5 Å². The molecule has 0 radical (unpaired) electrons. The van der Waals surface area contributed by atoms with Crippen LogP contribution in [-0.4, -0.2) is 15.0 Å². The number of nitrogens with one attached hydrogen (secondary N) is 1. The molecule has 110 valence electrons. The summed E-state index contributed by atoms with van der Waals surface area (Å²) in [4.78, 5) is 13.2. The van der Waals surface area contributed by atoms with Gasteiger partial charge in [-0.05, 0) is 29.7 Å². The van der Waals surface area contributed by atoms with Crippen molar-refractivity contribution < 1.29 is 0 Å². The van der Waals surface area contributed by atoms with E-state index in [9.17, 15) is 0 Å². The molecule has 4 heteroatoms. The van der Waals surface area contributed by atoms with E-state index < -0.39 is 0 Å². The van der Waals surface area contributed by atoms with Crippen LogP contribution in [0.4, 0.5) is 11.6 Å². The lowest BCUT2D eigenvalue weighted by atomic mass is 10.1. The van der Waals surface area contributed by atoms with E-state index >= 15 is 0 Å². The Kier molecular flexibility index (Phi) is 3.41. The Morgan fingerprint density at radius 1 is 0.652 bits per heavy atom. The Morgan fingerprint density at radius 2 is 1.52 bits per heavy atom. The summed E-state index contributed by atoms with van der Waals surface area (Å²) in [6.07, 6.45) is 3.50. The second-order valence-corrected chi connectivity index (χ2v) is 5.13. The van der Waals surface area contributed by atoms with Crippen LogP contribution in [0.1, 0.15) is 0 Å². The third-order valence-corrected chi connectivity index (χ3v) is 3.62. The zero-order chi connectivity index (χ0) is 15.5. The Labute approximate surface area is 133 Å². The summed E-state index contributed by atoms with van der Waals surface area (Å²) in [5, 5.41) is 5.63. The maximum absolute atomic E-state index is 4.56. The maximum atomic E-state index is 4.56. The van der Waals surface area contributed by atoms with E-state index in [1.165, 1.54) is 5.39 Å². The van der Waals surface area contributed by atoms with Crippen LogP contribution in [0.25, 0.3) is 22.2 Å². The van der Waals surface area contributed by atoms with Gasteiger partial charge in [0.25, 0.3) is 0 Å². The van der Waals surface area contributed by atoms with Crippen LogP contribution in [0.3, 0.4) is 0 Å². The van der Waals surface area contributed by atoms with Gasteiger partial charge in [0, 0.05) is 23.5 Å². The van der Waals surface area contributed by atoms with Crippen molar-refractivity contribution in [2.75, 3.05) is 5.32 Å². The first-order valence-electron chi connectivity index (χ1n) is 7.39. The van der Waals surface area contributed by atoms with Gasteiger partial charge in [-0.25, -0.2) is 9.97 Å². The number of hydrogen-bond donors (Lipinski definition) is 1. The highest BCUT2D eigenvalue weighted by molar-refractivity contribution is 5.94. The van der Waals surface area contributed by atoms with Crippen LogP contribution in [0.5, 0.6) is 0 Å². The normalized spacial score (nSPS) is 10.6. The molecule has 0 aliphatic rings. The highest BCUT2D eigenvalue weighted by atomic mass is 15.1. The molecule has 2 aromatic heterocycles. The van der Waals surface area contributed by atoms with Gasteiger partial charge >= 0.3 is 0 Å². The number of anilines is 2. The van der Waals surface area contributed by atoms with Crippen molar-refractivity contribution in [1.29, 1.82) is 0 Å². The number of hydrogen-bond acceptors (Lipinski definition) is 4. The molecule has 0 spiro atoms. The van der Waals surface area contributed by atoms with E-state index in [0.717, 1.165) is 22.5 Å². The molecule has 23 heavy (non-hydrogen) atoms. The third kappa shape index (κ3) is 2.74. The number of fused-ring (bicyclic) bond motifs is 1. The minimum atomic E-state index is 0.560. The first kappa shape index (κ1) is 13.4. The Bertz CT molecular complexity index is 946. The molecule has 4 aromatic rings. The second kappa shape index (κ2) is 5.85. The molecule has 1 N–H and O–H groups in total. The number of benzene rings is 2. The van der Waals surface area contributed by atoms with Gasteiger partial charge in [0.1, 0.15) is 0 Å². The monoisotopic (exact) mass is 298 g/mol. The molecule has 0 aliphatic heterocycles. The zero-order valence-electron chi connectivity index (χ0n) is 12.3. The highest BCUT2D eigenvalue weighted by Gasteiger charge is 2.05. The van der Waals surface area contributed by atoms with Gasteiger partial charge in [0.05, 0.1) is 11.4 Å². The summed E-state index contributed by atoms with van der Waals surface area (Å²) >= 11 is 0. The molecular formula is C19H14N4. The molecular weight excluding hydrogens is 284 g/mol. The van der Waals surface area contributed by atoms with Gasteiger partial charge in [-0.15, -0.1) is 0 Å². The molecule has 0 amide bonds. The van der Waals surface area contributed by atoms with Crippen LogP contribution in [0, 0.1) is 0 Å². The average Bonchev–Trinajstić information content (AvgIpc) is 2.63. The van der Waals surface area contributed by atoms with E-state index in [2.05, 4.69) is 38.5 Å². The van der Waals surface area contributed by atoms with Gasteiger partial charge in [-0.2, -0.15) is 0 Å². The topological polar surface area (TPSA) is 50.7 Å². The Balaban J connectivity index is 1.72. The van der Waals surface area contributed by atoms with E-state index in [-0.39, 0.29) is 0 Å². The van der Waals surface area contributed by atoms with E-state index in [4.69, 9.17) is 0 Å². The quantitative estimate of drug-likeness (QED) is 0.607. The van der Waals surface area contributed by atoms with Crippen molar-refractivity contribution in [2.24, 2.45) is 0 Å². The summed E-state index contributed by atoms with van der Waals surface area (Å²) < 4.78 is 0. The van der Waals surface area contributed by atoms with Crippen LogP contribution in [-0.2, 0) is 0 Å². The molecule has 2 aromatic carbocycles. The van der Waals surface area contributed by atoms with E-state index in [1.54, 1.807) is 12.4 Å². The Hall–Kier alpha value is -3.27. The fourth-order valence-corrected chi connectivity index (χ4v) is 2.53. The minimum absolute atomic E-state index is 0.560. The highest BCUT2D eigenvalue weighted by Crippen LogP contribution is 2.25. The first-order valence-corrected chi connectivity index (χ1v) is 7.39. The van der Waals surface area contributed by atoms with Crippen LogP contribution >= 0.6 is 0 Å². The van der Waals surface area contributed by atoms with Crippen molar-refractivity contribution in [3.63, 3.8) is 0 Å². The molecule has 0 aliphatic carbocycles. The van der Waals surface area contributed by atoms with Crippen LogP contribution < -0.4 is 5.32 Å². The predicted octanol–water partition coefficient (Wildman–Crippen LogP) is 4.44.